The molecule has 34 heavy (non-hydrogen) atoms. The van der Waals surface area contributed by atoms with Gasteiger partial charge in [-0.3, -0.25) is 19.3 Å². The molecule has 0 radical (unpaired) electrons. The largest absolute Gasteiger partial charge is 0.369 e. The zero-order chi connectivity index (χ0) is 24.1. The summed E-state index contributed by atoms with van der Waals surface area (Å²) in [4.78, 5) is 44.0. The molecule has 0 aromatic heterocycles. The molecule has 1 unspecified atom stereocenters. The van der Waals surface area contributed by atoms with Gasteiger partial charge in [-0.05, 0) is 43.3 Å². The SMILES string of the molecule is Cc1ccc(NC(=O)CC2C(=O)NCCN2C(=O)CN2CCN(c3ccc(F)cc3)CC2)cc1. The summed E-state index contributed by atoms with van der Waals surface area (Å²) in [6.07, 6.45) is -0.0935. The molecule has 8 nitrogen and oxygen atoms in total. The molecule has 3 amide bonds. The number of hydrogen-bond donors (Lipinski definition) is 2. The summed E-state index contributed by atoms with van der Waals surface area (Å²) in [7, 11) is 0. The molecule has 0 bridgehead atoms. The minimum Gasteiger partial charge on any atom is -0.369 e. The van der Waals surface area contributed by atoms with Crippen molar-refractivity contribution in [3.05, 3.63) is 59.9 Å². The molecule has 2 aliphatic rings. The summed E-state index contributed by atoms with van der Waals surface area (Å²) in [6.45, 7) is 5.72. The second-order valence-corrected chi connectivity index (χ2v) is 8.75. The van der Waals surface area contributed by atoms with Crippen molar-refractivity contribution < 1.29 is 18.8 Å². The van der Waals surface area contributed by atoms with Crippen LogP contribution >= 0.6 is 0 Å². The van der Waals surface area contributed by atoms with E-state index < -0.39 is 6.04 Å². The topological polar surface area (TPSA) is 85.0 Å². The van der Waals surface area contributed by atoms with Crippen molar-refractivity contribution in [1.29, 1.82) is 0 Å². The third kappa shape index (κ3) is 5.91. The van der Waals surface area contributed by atoms with Gasteiger partial charge in [0.05, 0.1) is 13.0 Å². The van der Waals surface area contributed by atoms with Crippen molar-refractivity contribution in [3.8, 4) is 0 Å². The molecule has 180 valence electrons. The predicted molar refractivity (Wildman–Crippen MR) is 128 cm³/mol. The Morgan fingerprint density at radius 2 is 1.68 bits per heavy atom. The van der Waals surface area contributed by atoms with Gasteiger partial charge < -0.3 is 20.4 Å². The van der Waals surface area contributed by atoms with Gasteiger partial charge in [-0.25, -0.2) is 4.39 Å². The van der Waals surface area contributed by atoms with Crippen LogP contribution in [0.3, 0.4) is 0 Å². The Balaban J connectivity index is 1.31. The summed E-state index contributed by atoms with van der Waals surface area (Å²) in [5.74, 6) is -1.03. The number of rotatable bonds is 6. The number of halogens is 1. The lowest BCUT2D eigenvalue weighted by Gasteiger charge is -2.39. The van der Waals surface area contributed by atoms with E-state index in [0.717, 1.165) is 24.3 Å². The highest BCUT2D eigenvalue weighted by Crippen LogP contribution is 2.18. The highest BCUT2D eigenvalue weighted by Gasteiger charge is 2.35. The first-order valence-electron chi connectivity index (χ1n) is 11.6. The first-order valence-corrected chi connectivity index (χ1v) is 11.6. The maximum absolute atomic E-state index is 13.2. The number of carbonyl (C=O) groups excluding carboxylic acids is 3. The van der Waals surface area contributed by atoms with Crippen LogP contribution < -0.4 is 15.5 Å². The lowest BCUT2D eigenvalue weighted by molar-refractivity contribution is -0.145. The molecule has 0 saturated carbocycles. The molecule has 2 heterocycles. The molecule has 2 aromatic rings. The molecule has 2 N–H and O–H groups in total. The number of aryl methyl sites for hydroxylation is 1. The summed E-state index contributed by atoms with van der Waals surface area (Å²) < 4.78 is 13.2. The number of piperazine rings is 2. The van der Waals surface area contributed by atoms with Gasteiger partial charge >= 0.3 is 0 Å². The average Bonchev–Trinajstić information content (AvgIpc) is 2.83. The third-order valence-electron chi connectivity index (χ3n) is 6.29. The van der Waals surface area contributed by atoms with Crippen LogP contribution in [-0.2, 0) is 14.4 Å². The van der Waals surface area contributed by atoms with Crippen molar-refractivity contribution in [2.45, 2.75) is 19.4 Å². The predicted octanol–water partition coefficient (Wildman–Crippen LogP) is 1.61. The second-order valence-electron chi connectivity index (χ2n) is 8.75. The summed E-state index contributed by atoms with van der Waals surface area (Å²) in [5, 5.41) is 5.57. The number of nitrogens with one attached hydrogen (secondary N) is 2. The van der Waals surface area contributed by atoms with Gasteiger partial charge in [-0.15, -0.1) is 0 Å². The zero-order valence-corrected chi connectivity index (χ0v) is 19.3. The number of nitrogens with zero attached hydrogens (tertiary/aromatic N) is 3. The van der Waals surface area contributed by atoms with Crippen LogP contribution in [0.4, 0.5) is 15.8 Å². The number of carbonyl (C=O) groups is 3. The Hall–Kier alpha value is -3.46. The maximum atomic E-state index is 13.2. The molecular formula is C25H30FN5O3. The van der Waals surface area contributed by atoms with E-state index in [-0.39, 0.29) is 36.5 Å². The van der Waals surface area contributed by atoms with Crippen LogP contribution in [0.15, 0.2) is 48.5 Å². The molecule has 2 aromatic carbocycles. The molecule has 1 atom stereocenters. The van der Waals surface area contributed by atoms with Gasteiger partial charge in [-0.1, -0.05) is 17.7 Å². The van der Waals surface area contributed by atoms with Crippen LogP contribution in [-0.4, -0.2) is 79.4 Å². The van der Waals surface area contributed by atoms with E-state index in [1.807, 2.05) is 31.2 Å². The first kappa shape index (κ1) is 23.7. The highest BCUT2D eigenvalue weighted by molar-refractivity contribution is 5.97. The fourth-order valence-corrected chi connectivity index (χ4v) is 4.34. The van der Waals surface area contributed by atoms with E-state index in [9.17, 15) is 18.8 Å². The van der Waals surface area contributed by atoms with Gasteiger partial charge in [0.2, 0.25) is 17.7 Å². The van der Waals surface area contributed by atoms with E-state index in [1.165, 1.54) is 17.0 Å². The van der Waals surface area contributed by atoms with Crippen LogP contribution in [0.25, 0.3) is 0 Å². The number of benzene rings is 2. The number of amides is 3. The Morgan fingerprint density at radius 3 is 2.35 bits per heavy atom. The van der Waals surface area contributed by atoms with Crippen molar-refractivity contribution >= 4 is 29.1 Å². The van der Waals surface area contributed by atoms with Crippen molar-refractivity contribution in [2.24, 2.45) is 0 Å². The number of hydrogen-bond acceptors (Lipinski definition) is 5. The lowest BCUT2D eigenvalue weighted by Crippen LogP contribution is -2.60. The van der Waals surface area contributed by atoms with E-state index in [0.29, 0.717) is 31.9 Å². The van der Waals surface area contributed by atoms with Crippen LogP contribution in [0.1, 0.15) is 12.0 Å². The zero-order valence-electron chi connectivity index (χ0n) is 19.3. The molecule has 2 saturated heterocycles. The monoisotopic (exact) mass is 467 g/mol. The fraction of sp³-hybridized carbons (Fsp3) is 0.400. The molecule has 0 spiro atoms. The Morgan fingerprint density at radius 1 is 1.00 bits per heavy atom. The van der Waals surface area contributed by atoms with Crippen LogP contribution in [0.2, 0.25) is 0 Å². The molecule has 2 aliphatic heterocycles. The van der Waals surface area contributed by atoms with Gasteiger partial charge in [0.25, 0.3) is 0 Å². The standard InChI is InChI=1S/C25H30FN5O3/c1-18-2-6-20(7-3-18)28-23(32)16-22-25(34)27-10-11-31(22)24(33)17-29-12-14-30(15-13-29)21-8-4-19(26)5-9-21/h2-9,22H,10-17H2,1H3,(H,27,34)(H,28,32). The molecule has 2 fully saturated rings. The lowest BCUT2D eigenvalue weighted by atomic mass is 10.1. The minimum absolute atomic E-state index is 0.0935. The molecular weight excluding hydrogens is 437 g/mol. The van der Waals surface area contributed by atoms with Crippen molar-refractivity contribution in [3.63, 3.8) is 0 Å². The first-order chi connectivity index (χ1) is 16.4. The molecule has 0 aliphatic carbocycles. The molecule has 4 rings (SSSR count). The minimum atomic E-state index is -0.827. The van der Waals surface area contributed by atoms with Crippen LogP contribution in [0.5, 0.6) is 0 Å². The number of anilines is 2. The highest BCUT2D eigenvalue weighted by atomic mass is 19.1. The Kier molecular flexibility index (Phi) is 7.42. The quantitative estimate of drug-likeness (QED) is 0.675. The van der Waals surface area contributed by atoms with Crippen molar-refractivity contribution in [1.82, 2.24) is 15.1 Å². The summed E-state index contributed by atoms with van der Waals surface area (Å²) >= 11 is 0. The van der Waals surface area contributed by atoms with Gasteiger partial charge in [0.1, 0.15) is 11.9 Å². The Bertz CT molecular complexity index is 1020. The molecule has 9 heteroatoms. The smallest absolute Gasteiger partial charge is 0.243 e. The van der Waals surface area contributed by atoms with E-state index in [1.54, 1.807) is 12.1 Å². The van der Waals surface area contributed by atoms with Gasteiger partial charge in [0.15, 0.2) is 0 Å². The fourth-order valence-electron chi connectivity index (χ4n) is 4.34. The summed E-state index contributed by atoms with van der Waals surface area (Å²) in [6, 6.07) is 13.0. The van der Waals surface area contributed by atoms with Crippen LogP contribution in [0, 0.1) is 12.7 Å². The summed E-state index contributed by atoms with van der Waals surface area (Å²) in [5.41, 5.74) is 2.70. The van der Waals surface area contributed by atoms with Gasteiger partial charge in [0, 0.05) is 50.6 Å². The van der Waals surface area contributed by atoms with E-state index in [2.05, 4.69) is 20.4 Å². The maximum Gasteiger partial charge on any atom is 0.243 e. The Labute approximate surface area is 198 Å². The normalized spacial score (nSPS) is 19.0. The third-order valence-corrected chi connectivity index (χ3v) is 6.29. The van der Waals surface area contributed by atoms with E-state index >= 15 is 0 Å². The van der Waals surface area contributed by atoms with E-state index in [4.69, 9.17) is 0 Å². The second kappa shape index (κ2) is 10.6. The van der Waals surface area contributed by atoms with Gasteiger partial charge in [-0.2, -0.15) is 0 Å². The van der Waals surface area contributed by atoms with Crippen molar-refractivity contribution in [2.75, 3.05) is 56.0 Å². The average molecular weight is 468 g/mol.